The Bertz CT molecular complexity index is 666. The number of halogens is 1. The van der Waals surface area contributed by atoms with E-state index in [9.17, 15) is 4.39 Å². The third-order valence-electron chi connectivity index (χ3n) is 3.13. The molecule has 6 heteroatoms. The topological polar surface area (TPSA) is 61.6 Å². The highest BCUT2D eigenvalue weighted by molar-refractivity contribution is 7.99. The summed E-state index contributed by atoms with van der Waals surface area (Å²) in [4.78, 5) is 0.706. The van der Waals surface area contributed by atoms with Gasteiger partial charge in [-0.3, -0.25) is 0 Å². The van der Waals surface area contributed by atoms with Crippen LogP contribution in [0.5, 0.6) is 0 Å². The van der Waals surface area contributed by atoms with Crippen LogP contribution < -0.4 is 5.32 Å². The van der Waals surface area contributed by atoms with Crippen LogP contribution >= 0.6 is 11.8 Å². The van der Waals surface area contributed by atoms with Crippen molar-refractivity contribution in [1.82, 2.24) is 10.2 Å². The number of hydrogen-bond donors (Lipinski definition) is 1. The lowest BCUT2D eigenvalue weighted by molar-refractivity contribution is 0.584. The Balaban J connectivity index is 1.86. The summed E-state index contributed by atoms with van der Waals surface area (Å²) in [5.74, 6) is 1.27. The largest absolute Gasteiger partial charge is 0.362 e. The zero-order chi connectivity index (χ0) is 13.9. The lowest BCUT2D eigenvalue weighted by Crippen LogP contribution is -2.17. The third kappa shape index (κ3) is 2.45. The number of rotatable bonds is 2. The van der Waals surface area contributed by atoms with Crippen molar-refractivity contribution in [2.45, 2.75) is 17.4 Å². The van der Waals surface area contributed by atoms with E-state index in [-0.39, 0.29) is 17.6 Å². The molecule has 1 aliphatic rings. The molecule has 1 aromatic heterocycles. The number of nitriles is 1. The normalized spacial score (nSPS) is 17.1. The fourth-order valence-electron chi connectivity index (χ4n) is 2.18. The highest BCUT2D eigenvalue weighted by Gasteiger charge is 2.23. The number of anilines is 1. The fourth-order valence-corrected chi connectivity index (χ4v) is 3.32. The van der Waals surface area contributed by atoms with E-state index in [1.807, 2.05) is 12.1 Å². The van der Waals surface area contributed by atoms with Crippen molar-refractivity contribution in [3.05, 3.63) is 47.4 Å². The van der Waals surface area contributed by atoms with Crippen molar-refractivity contribution >= 4 is 17.6 Å². The highest BCUT2D eigenvalue weighted by Crippen LogP contribution is 2.38. The molecule has 1 unspecified atom stereocenters. The number of fused-ring (bicyclic) bond motifs is 1. The van der Waals surface area contributed by atoms with Gasteiger partial charge in [-0.1, -0.05) is 12.1 Å². The van der Waals surface area contributed by atoms with E-state index in [0.29, 0.717) is 10.7 Å². The first kappa shape index (κ1) is 12.9. The van der Waals surface area contributed by atoms with E-state index in [1.54, 1.807) is 30.0 Å². The molecule has 0 saturated heterocycles. The first-order chi connectivity index (χ1) is 9.78. The molecular weight excluding hydrogens is 275 g/mol. The van der Waals surface area contributed by atoms with Crippen LogP contribution in [0.4, 0.5) is 10.2 Å². The molecule has 0 radical (unpaired) electrons. The van der Waals surface area contributed by atoms with Crippen molar-refractivity contribution < 1.29 is 4.39 Å². The molecule has 100 valence electrons. The van der Waals surface area contributed by atoms with Gasteiger partial charge in [-0.25, -0.2) is 4.39 Å². The number of nitrogens with one attached hydrogen (secondary N) is 1. The maximum absolute atomic E-state index is 13.8. The van der Waals surface area contributed by atoms with Crippen molar-refractivity contribution in [2.75, 3.05) is 11.1 Å². The van der Waals surface area contributed by atoms with E-state index < -0.39 is 0 Å². The van der Waals surface area contributed by atoms with Gasteiger partial charge in [0.2, 0.25) is 0 Å². The van der Waals surface area contributed by atoms with Crippen LogP contribution in [-0.4, -0.2) is 16.0 Å². The van der Waals surface area contributed by atoms with E-state index in [0.717, 1.165) is 17.7 Å². The van der Waals surface area contributed by atoms with Gasteiger partial charge >= 0.3 is 0 Å². The Morgan fingerprint density at radius 3 is 2.95 bits per heavy atom. The Hall–Kier alpha value is -2.13. The van der Waals surface area contributed by atoms with Crippen molar-refractivity contribution in [2.24, 2.45) is 0 Å². The Labute approximate surface area is 120 Å². The maximum atomic E-state index is 13.8. The minimum Gasteiger partial charge on any atom is -0.362 e. The van der Waals surface area contributed by atoms with Gasteiger partial charge in [-0.15, -0.1) is 22.0 Å². The van der Waals surface area contributed by atoms with Crippen LogP contribution in [0.1, 0.15) is 23.7 Å². The van der Waals surface area contributed by atoms with Gasteiger partial charge in [0.05, 0.1) is 6.04 Å². The molecule has 0 saturated carbocycles. The molecule has 1 N–H and O–H groups in total. The SMILES string of the molecule is N#Cc1ccc(NC2CCSc3c(F)cccc32)nn1. The lowest BCUT2D eigenvalue weighted by atomic mass is 10.0. The minimum atomic E-state index is -0.176. The predicted molar refractivity (Wildman–Crippen MR) is 74.9 cm³/mol. The van der Waals surface area contributed by atoms with Crippen LogP contribution in [0.25, 0.3) is 0 Å². The number of benzene rings is 1. The van der Waals surface area contributed by atoms with Crippen LogP contribution in [0.3, 0.4) is 0 Å². The average Bonchev–Trinajstić information content (AvgIpc) is 2.49. The summed E-state index contributed by atoms with van der Waals surface area (Å²) < 4.78 is 13.8. The zero-order valence-corrected chi connectivity index (χ0v) is 11.3. The smallest absolute Gasteiger partial charge is 0.163 e. The Morgan fingerprint density at radius 2 is 2.20 bits per heavy atom. The Morgan fingerprint density at radius 1 is 1.30 bits per heavy atom. The summed E-state index contributed by atoms with van der Waals surface area (Å²) in [6.45, 7) is 0. The van der Waals surface area contributed by atoms with Crippen molar-refractivity contribution in [3.63, 3.8) is 0 Å². The second kappa shape index (κ2) is 5.47. The summed E-state index contributed by atoms with van der Waals surface area (Å²) in [5.41, 5.74) is 1.23. The predicted octanol–water partition coefficient (Wildman–Crippen LogP) is 3.14. The third-order valence-corrected chi connectivity index (χ3v) is 4.29. The molecule has 0 spiro atoms. The number of nitrogens with zero attached hydrogens (tertiary/aromatic N) is 3. The second-order valence-corrected chi connectivity index (χ2v) is 5.51. The molecule has 1 aliphatic heterocycles. The summed E-state index contributed by atoms with van der Waals surface area (Å²) in [7, 11) is 0. The minimum absolute atomic E-state index is 0.0178. The van der Waals surface area contributed by atoms with Gasteiger partial charge in [0, 0.05) is 10.6 Å². The molecule has 1 aromatic carbocycles. The van der Waals surface area contributed by atoms with Gasteiger partial charge < -0.3 is 5.32 Å². The number of hydrogen-bond acceptors (Lipinski definition) is 5. The highest BCUT2D eigenvalue weighted by atomic mass is 32.2. The maximum Gasteiger partial charge on any atom is 0.163 e. The van der Waals surface area contributed by atoms with Crippen molar-refractivity contribution in [1.29, 1.82) is 5.26 Å². The molecule has 3 rings (SSSR count). The molecule has 2 heterocycles. The quantitative estimate of drug-likeness (QED) is 0.919. The van der Waals surface area contributed by atoms with Crippen molar-refractivity contribution in [3.8, 4) is 6.07 Å². The zero-order valence-electron chi connectivity index (χ0n) is 10.5. The standard InChI is InChI=1S/C14H11FN4S/c15-11-3-1-2-10-12(6-7-20-14(10)11)17-13-5-4-9(8-16)18-19-13/h1-5,12H,6-7H2,(H,17,19). The van der Waals surface area contributed by atoms with Crippen LogP contribution in [0, 0.1) is 17.1 Å². The molecular formula is C14H11FN4S. The first-order valence-electron chi connectivity index (χ1n) is 6.19. The van der Waals surface area contributed by atoms with Gasteiger partial charge in [-0.05, 0) is 30.2 Å². The van der Waals surface area contributed by atoms with Gasteiger partial charge in [0.15, 0.2) is 5.69 Å². The van der Waals surface area contributed by atoms with Crippen LogP contribution in [0.15, 0.2) is 35.2 Å². The molecule has 0 bridgehead atoms. The Kier molecular flexibility index (Phi) is 3.52. The second-order valence-electron chi connectivity index (χ2n) is 4.41. The fraction of sp³-hybridized carbons (Fsp3) is 0.214. The number of aromatic nitrogens is 2. The van der Waals surface area contributed by atoms with Gasteiger partial charge in [-0.2, -0.15) is 5.26 Å². The monoisotopic (exact) mass is 286 g/mol. The molecule has 0 aliphatic carbocycles. The molecule has 1 atom stereocenters. The molecule has 4 nitrogen and oxygen atoms in total. The summed E-state index contributed by atoms with van der Waals surface area (Å²) in [6, 6.07) is 10.4. The van der Waals surface area contributed by atoms with Crippen LogP contribution in [0.2, 0.25) is 0 Å². The lowest BCUT2D eigenvalue weighted by Gasteiger charge is -2.26. The van der Waals surface area contributed by atoms with Gasteiger partial charge in [0.1, 0.15) is 17.7 Å². The molecule has 0 amide bonds. The summed E-state index contributed by atoms with van der Waals surface area (Å²) in [6.07, 6.45) is 0.892. The van der Waals surface area contributed by atoms with E-state index >= 15 is 0 Å². The molecule has 0 fully saturated rings. The summed E-state index contributed by atoms with van der Waals surface area (Å²) >= 11 is 1.54. The molecule has 2 aromatic rings. The van der Waals surface area contributed by atoms with E-state index in [2.05, 4.69) is 15.5 Å². The van der Waals surface area contributed by atoms with Gasteiger partial charge in [0.25, 0.3) is 0 Å². The van der Waals surface area contributed by atoms with Crippen LogP contribution in [-0.2, 0) is 0 Å². The average molecular weight is 286 g/mol. The molecule has 20 heavy (non-hydrogen) atoms. The van der Waals surface area contributed by atoms with E-state index in [1.165, 1.54) is 6.07 Å². The first-order valence-corrected chi connectivity index (χ1v) is 7.18. The number of thioether (sulfide) groups is 1. The summed E-state index contributed by atoms with van der Waals surface area (Å²) in [5, 5.41) is 19.7. The van der Waals surface area contributed by atoms with E-state index in [4.69, 9.17) is 5.26 Å².